The first kappa shape index (κ1) is 24.5. The molecule has 8 heteroatoms. The topological polar surface area (TPSA) is 93.6 Å². The first-order valence-electron chi connectivity index (χ1n) is 11.4. The van der Waals surface area contributed by atoms with Gasteiger partial charge in [-0.15, -0.1) is 0 Å². The minimum Gasteiger partial charge on any atom is -0.490 e. The number of hydrogen-bond donors (Lipinski definition) is 2. The van der Waals surface area contributed by atoms with E-state index in [1.165, 1.54) is 6.92 Å². The molecule has 0 saturated carbocycles. The average Bonchev–Trinajstić information content (AvgIpc) is 2.85. The van der Waals surface area contributed by atoms with Crippen LogP contribution in [0.5, 0.6) is 5.75 Å². The third-order valence-corrected chi connectivity index (χ3v) is 6.49. The molecule has 0 unspecified atom stereocenters. The molecule has 3 rings (SSSR count). The van der Waals surface area contributed by atoms with Crippen molar-refractivity contribution in [2.45, 2.75) is 51.7 Å². The summed E-state index contributed by atoms with van der Waals surface area (Å²) in [7, 11) is 0. The van der Waals surface area contributed by atoms with E-state index in [1.807, 2.05) is 30.9 Å². The second-order valence-corrected chi connectivity index (χ2v) is 9.72. The van der Waals surface area contributed by atoms with E-state index < -0.39 is 11.2 Å². The minimum absolute atomic E-state index is 0.0248. The molecule has 0 bridgehead atoms. The lowest BCUT2D eigenvalue weighted by Crippen LogP contribution is -2.56. The number of hydrogen-bond acceptors (Lipinski definition) is 6. The number of nitrogens with zero attached hydrogens (tertiary/aromatic N) is 3. The Hall–Kier alpha value is -2.16. The summed E-state index contributed by atoms with van der Waals surface area (Å²) in [5, 5.41) is 22.6. The molecule has 1 atom stereocenters. The number of rotatable bonds is 5. The summed E-state index contributed by atoms with van der Waals surface area (Å²) in [5.74, 6) is 0.623. The number of aliphatic hydroxyl groups is 2. The van der Waals surface area contributed by atoms with Gasteiger partial charge in [0, 0.05) is 53.1 Å². The standard InChI is InChI=1S/C24H37N3O5/c1-18-11-19(2)13-22(12-18)32-17-24(31)15-25(9-10-27(16-24)21(4)29)14-23(30)5-7-26(8-6-23)20(3)28/h11-13,30-31H,5-10,14-17H2,1-4H3/t24-/m1/s1. The van der Waals surface area contributed by atoms with Gasteiger partial charge < -0.3 is 24.7 Å². The molecule has 0 aliphatic carbocycles. The van der Waals surface area contributed by atoms with Crippen LogP contribution in [-0.4, -0.2) is 100 Å². The monoisotopic (exact) mass is 447 g/mol. The van der Waals surface area contributed by atoms with Crippen molar-refractivity contribution in [2.24, 2.45) is 0 Å². The van der Waals surface area contributed by atoms with E-state index in [9.17, 15) is 19.8 Å². The van der Waals surface area contributed by atoms with E-state index in [1.54, 1.807) is 16.7 Å². The van der Waals surface area contributed by atoms with Gasteiger partial charge in [0.05, 0.1) is 12.1 Å². The summed E-state index contributed by atoms with van der Waals surface area (Å²) < 4.78 is 5.98. The van der Waals surface area contributed by atoms with Gasteiger partial charge in [-0.05, 0) is 49.9 Å². The molecule has 2 fully saturated rings. The zero-order chi connectivity index (χ0) is 23.5. The number of likely N-dealkylation sites (tertiary alicyclic amines) is 1. The summed E-state index contributed by atoms with van der Waals surface area (Å²) in [6.07, 6.45) is 0.994. The van der Waals surface area contributed by atoms with E-state index in [-0.39, 0.29) is 25.0 Å². The second kappa shape index (κ2) is 9.77. The van der Waals surface area contributed by atoms with Crippen LogP contribution >= 0.6 is 0 Å². The van der Waals surface area contributed by atoms with Crippen LogP contribution in [-0.2, 0) is 9.59 Å². The molecule has 8 nitrogen and oxygen atoms in total. The fourth-order valence-corrected chi connectivity index (χ4v) is 4.78. The molecule has 1 aromatic rings. The molecule has 2 aliphatic heterocycles. The van der Waals surface area contributed by atoms with Crippen molar-refractivity contribution in [1.82, 2.24) is 14.7 Å². The van der Waals surface area contributed by atoms with Crippen molar-refractivity contribution in [1.29, 1.82) is 0 Å². The van der Waals surface area contributed by atoms with Crippen LogP contribution in [0.25, 0.3) is 0 Å². The van der Waals surface area contributed by atoms with E-state index in [0.29, 0.717) is 57.9 Å². The summed E-state index contributed by atoms with van der Waals surface area (Å²) in [4.78, 5) is 29.2. The van der Waals surface area contributed by atoms with Crippen molar-refractivity contribution in [2.75, 3.05) is 52.4 Å². The Morgan fingerprint density at radius 1 is 0.875 bits per heavy atom. The lowest BCUT2D eigenvalue weighted by molar-refractivity contribution is -0.134. The Labute approximate surface area is 190 Å². The predicted octanol–water partition coefficient (Wildman–Crippen LogP) is 0.951. The highest BCUT2D eigenvalue weighted by Gasteiger charge is 2.41. The number of carbonyl (C=O) groups is 2. The Morgan fingerprint density at radius 3 is 2.03 bits per heavy atom. The van der Waals surface area contributed by atoms with E-state index in [4.69, 9.17) is 4.74 Å². The van der Waals surface area contributed by atoms with Gasteiger partial charge in [0.25, 0.3) is 0 Å². The molecule has 0 aromatic heterocycles. The SMILES string of the molecule is CC(=O)N1CCC(O)(CN2CCN(C(C)=O)C[C@@](O)(COc3cc(C)cc(C)c3)C2)CC1. The molecule has 32 heavy (non-hydrogen) atoms. The zero-order valence-electron chi connectivity index (χ0n) is 19.8. The lowest BCUT2D eigenvalue weighted by atomic mass is 9.90. The number of piperidine rings is 1. The van der Waals surface area contributed by atoms with E-state index in [0.717, 1.165) is 11.1 Å². The van der Waals surface area contributed by atoms with Gasteiger partial charge in [-0.25, -0.2) is 0 Å². The number of benzene rings is 1. The Bertz CT molecular complexity index is 817. The van der Waals surface area contributed by atoms with Crippen LogP contribution in [0.1, 0.15) is 37.8 Å². The molecule has 1 aromatic carbocycles. The molecule has 0 radical (unpaired) electrons. The molecule has 0 spiro atoms. The van der Waals surface area contributed by atoms with E-state index >= 15 is 0 Å². The predicted molar refractivity (Wildman–Crippen MR) is 121 cm³/mol. The largest absolute Gasteiger partial charge is 0.490 e. The van der Waals surface area contributed by atoms with Gasteiger partial charge >= 0.3 is 0 Å². The maximum absolute atomic E-state index is 12.1. The number of amides is 2. The van der Waals surface area contributed by atoms with Crippen LogP contribution in [0.2, 0.25) is 0 Å². The van der Waals surface area contributed by atoms with Gasteiger partial charge in [-0.1, -0.05) is 6.07 Å². The van der Waals surface area contributed by atoms with Gasteiger partial charge in [-0.2, -0.15) is 0 Å². The first-order chi connectivity index (χ1) is 15.0. The molecular formula is C24H37N3O5. The van der Waals surface area contributed by atoms with Gasteiger partial charge in [0.1, 0.15) is 18.0 Å². The number of carbonyl (C=O) groups excluding carboxylic acids is 2. The number of ether oxygens (including phenoxy) is 1. The van der Waals surface area contributed by atoms with Crippen LogP contribution in [0, 0.1) is 13.8 Å². The number of β-amino-alcohol motifs (C(OH)–C–C–N with tert-alkyl or cyclic N) is 2. The first-order valence-corrected chi connectivity index (χ1v) is 11.4. The smallest absolute Gasteiger partial charge is 0.219 e. The molecule has 2 heterocycles. The van der Waals surface area contributed by atoms with Gasteiger partial charge in [0.15, 0.2) is 0 Å². The molecule has 178 valence electrons. The van der Waals surface area contributed by atoms with Crippen LogP contribution in [0.3, 0.4) is 0 Å². The quantitative estimate of drug-likeness (QED) is 0.698. The normalized spacial score (nSPS) is 24.2. The summed E-state index contributed by atoms with van der Waals surface area (Å²) in [5.41, 5.74) is -0.0267. The molecule has 2 amide bonds. The fraction of sp³-hybridized carbons (Fsp3) is 0.667. The number of aryl methyl sites for hydroxylation is 2. The van der Waals surface area contributed by atoms with Gasteiger partial charge in [0.2, 0.25) is 11.8 Å². The van der Waals surface area contributed by atoms with E-state index in [2.05, 4.69) is 6.07 Å². The third kappa shape index (κ3) is 6.43. The zero-order valence-corrected chi connectivity index (χ0v) is 19.8. The highest BCUT2D eigenvalue weighted by molar-refractivity contribution is 5.73. The molecule has 2 N–H and O–H groups in total. The summed E-state index contributed by atoms with van der Waals surface area (Å²) >= 11 is 0. The minimum atomic E-state index is -1.27. The summed E-state index contributed by atoms with van der Waals surface area (Å²) in [6, 6.07) is 5.92. The van der Waals surface area contributed by atoms with Crippen molar-refractivity contribution in [3.05, 3.63) is 29.3 Å². The van der Waals surface area contributed by atoms with Crippen molar-refractivity contribution < 1.29 is 24.5 Å². The maximum atomic E-state index is 12.1. The van der Waals surface area contributed by atoms with Crippen LogP contribution in [0.4, 0.5) is 0 Å². The molecule has 2 aliphatic rings. The Balaban J connectivity index is 1.70. The van der Waals surface area contributed by atoms with Gasteiger partial charge in [-0.3, -0.25) is 14.5 Å². The van der Waals surface area contributed by atoms with Crippen molar-refractivity contribution in [3.63, 3.8) is 0 Å². The van der Waals surface area contributed by atoms with Crippen LogP contribution < -0.4 is 4.74 Å². The third-order valence-electron chi connectivity index (χ3n) is 6.49. The Morgan fingerprint density at radius 2 is 1.47 bits per heavy atom. The maximum Gasteiger partial charge on any atom is 0.219 e. The fourth-order valence-electron chi connectivity index (χ4n) is 4.78. The lowest BCUT2D eigenvalue weighted by Gasteiger charge is -2.41. The summed E-state index contributed by atoms with van der Waals surface area (Å²) in [6.45, 7) is 10.1. The highest BCUT2D eigenvalue weighted by Crippen LogP contribution is 2.26. The van der Waals surface area contributed by atoms with Crippen LogP contribution in [0.15, 0.2) is 18.2 Å². The average molecular weight is 448 g/mol. The molecule has 2 saturated heterocycles. The highest BCUT2D eigenvalue weighted by atomic mass is 16.5. The Kier molecular flexibility index (Phi) is 7.47. The second-order valence-electron chi connectivity index (χ2n) is 9.72. The van der Waals surface area contributed by atoms with Crippen molar-refractivity contribution >= 4 is 11.8 Å². The van der Waals surface area contributed by atoms with Crippen molar-refractivity contribution in [3.8, 4) is 5.75 Å². The molecular weight excluding hydrogens is 410 g/mol.